The van der Waals surface area contributed by atoms with Crippen LogP contribution in [0.15, 0.2) is 54.3 Å². The lowest BCUT2D eigenvalue weighted by molar-refractivity contribution is -0.907. The van der Waals surface area contributed by atoms with E-state index < -0.39 is 11.7 Å². The summed E-state index contributed by atoms with van der Waals surface area (Å²) in [5.41, 5.74) is 0.348. The number of halogens is 3. The van der Waals surface area contributed by atoms with Gasteiger partial charge in [-0.15, -0.1) is 0 Å². The van der Waals surface area contributed by atoms with Crippen molar-refractivity contribution in [3.05, 3.63) is 65.4 Å². The SMILES string of the molecule is O=C(C=Cc1cccc(C(F)(F)F)c1)NC1=CCC(C[NH+]2CCCCC2)C=C1. The molecule has 1 heterocycles. The minimum Gasteiger partial charge on any atom is -0.334 e. The predicted molar refractivity (Wildman–Crippen MR) is 103 cm³/mol. The lowest BCUT2D eigenvalue weighted by Gasteiger charge is -2.27. The Bertz CT molecular complexity index is 774. The molecule has 0 radical (unpaired) electrons. The first-order valence-electron chi connectivity index (χ1n) is 9.78. The summed E-state index contributed by atoms with van der Waals surface area (Å²) in [5.74, 6) is 0.141. The molecule has 1 aromatic carbocycles. The molecule has 0 aromatic heterocycles. The molecule has 1 amide bonds. The van der Waals surface area contributed by atoms with E-state index in [0.717, 1.165) is 30.8 Å². The Hall–Kier alpha value is -2.34. The minimum atomic E-state index is -4.39. The van der Waals surface area contributed by atoms with E-state index in [1.54, 1.807) is 4.90 Å². The van der Waals surface area contributed by atoms with Crippen molar-refractivity contribution in [2.24, 2.45) is 5.92 Å². The Kier molecular flexibility index (Phi) is 6.73. The van der Waals surface area contributed by atoms with E-state index >= 15 is 0 Å². The average molecular weight is 391 g/mol. The van der Waals surface area contributed by atoms with Crippen molar-refractivity contribution in [2.75, 3.05) is 19.6 Å². The third-order valence-electron chi connectivity index (χ3n) is 5.21. The van der Waals surface area contributed by atoms with Crippen LogP contribution in [0, 0.1) is 5.92 Å². The Morgan fingerprint density at radius 1 is 1.21 bits per heavy atom. The van der Waals surface area contributed by atoms with Gasteiger partial charge in [-0.05, 0) is 55.5 Å². The van der Waals surface area contributed by atoms with Gasteiger partial charge in [0.15, 0.2) is 0 Å². The van der Waals surface area contributed by atoms with Gasteiger partial charge in [0, 0.05) is 17.7 Å². The fourth-order valence-electron chi connectivity index (χ4n) is 3.71. The van der Waals surface area contributed by atoms with Gasteiger partial charge in [-0.1, -0.05) is 24.3 Å². The number of alkyl halides is 3. The number of allylic oxidation sites excluding steroid dienone is 2. The van der Waals surface area contributed by atoms with Crippen LogP contribution in [0.3, 0.4) is 0 Å². The highest BCUT2D eigenvalue weighted by molar-refractivity contribution is 5.93. The Morgan fingerprint density at radius 2 is 2.00 bits per heavy atom. The zero-order chi connectivity index (χ0) is 20.0. The molecule has 6 heteroatoms. The van der Waals surface area contributed by atoms with Crippen molar-refractivity contribution in [3.63, 3.8) is 0 Å². The second-order valence-electron chi connectivity index (χ2n) is 7.47. The summed E-state index contributed by atoms with van der Waals surface area (Å²) in [5, 5.41) is 2.78. The molecular formula is C22H26F3N2O+. The van der Waals surface area contributed by atoms with Crippen LogP contribution >= 0.6 is 0 Å². The first kappa shape index (κ1) is 20.4. The molecule has 0 saturated carbocycles. The molecule has 1 unspecified atom stereocenters. The summed E-state index contributed by atoms with van der Waals surface area (Å²) in [6.45, 7) is 3.62. The number of hydrogen-bond donors (Lipinski definition) is 2. The summed E-state index contributed by atoms with van der Waals surface area (Å²) in [6.07, 6.45) is 9.19. The Balaban J connectivity index is 1.49. The largest absolute Gasteiger partial charge is 0.416 e. The number of piperidine rings is 1. The van der Waals surface area contributed by atoms with Gasteiger partial charge in [0.05, 0.1) is 25.2 Å². The molecule has 2 N–H and O–H groups in total. The fourth-order valence-corrected chi connectivity index (χ4v) is 3.71. The van der Waals surface area contributed by atoms with Gasteiger partial charge in [-0.3, -0.25) is 4.79 Å². The number of carbonyl (C=O) groups is 1. The number of likely N-dealkylation sites (tertiary alicyclic amines) is 1. The van der Waals surface area contributed by atoms with Crippen molar-refractivity contribution in [3.8, 4) is 0 Å². The van der Waals surface area contributed by atoms with Crippen molar-refractivity contribution in [2.45, 2.75) is 31.9 Å². The highest BCUT2D eigenvalue weighted by Gasteiger charge is 2.30. The van der Waals surface area contributed by atoms with Gasteiger partial charge >= 0.3 is 6.18 Å². The summed E-state index contributed by atoms with van der Waals surface area (Å²) in [7, 11) is 0. The molecular weight excluding hydrogens is 365 g/mol. The molecule has 150 valence electrons. The van der Waals surface area contributed by atoms with Crippen LogP contribution in [0.2, 0.25) is 0 Å². The summed E-state index contributed by atoms with van der Waals surface area (Å²) >= 11 is 0. The number of nitrogens with one attached hydrogen (secondary N) is 2. The highest BCUT2D eigenvalue weighted by atomic mass is 19.4. The normalized spacial score (nSPS) is 21.0. The van der Waals surface area contributed by atoms with Crippen molar-refractivity contribution >= 4 is 12.0 Å². The van der Waals surface area contributed by atoms with Crippen LogP contribution in [0.5, 0.6) is 0 Å². The zero-order valence-corrected chi connectivity index (χ0v) is 15.8. The maximum atomic E-state index is 12.7. The fraction of sp³-hybridized carbons (Fsp3) is 0.409. The molecule has 2 aliphatic rings. The van der Waals surface area contributed by atoms with Crippen LogP contribution < -0.4 is 10.2 Å². The molecule has 3 rings (SSSR count). The number of quaternary nitrogens is 1. The van der Waals surface area contributed by atoms with Gasteiger partial charge in [-0.25, -0.2) is 0 Å². The number of amides is 1. The van der Waals surface area contributed by atoms with Crippen LogP contribution in [0.4, 0.5) is 13.2 Å². The minimum absolute atomic E-state index is 0.336. The van der Waals surface area contributed by atoms with Crippen molar-refractivity contribution in [1.29, 1.82) is 0 Å². The van der Waals surface area contributed by atoms with E-state index in [0.29, 0.717) is 11.5 Å². The monoisotopic (exact) mass is 391 g/mol. The van der Waals surface area contributed by atoms with Gasteiger partial charge in [0.25, 0.3) is 0 Å². The van der Waals surface area contributed by atoms with Gasteiger partial charge < -0.3 is 10.2 Å². The smallest absolute Gasteiger partial charge is 0.334 e. The van der Waals surface area contributed by atoms with E-state index in [9.17, 15) is 18.0 Å². The number of hydrogen-bond acceptors (Lipinski definition) is 1. The number of carbonyl (C=O) groups excluding carboxylic acids is 1. The summed E-state index contributed by atoms with van der Waals surface area (Å²) in [6, 6.07) is 4.90. The third kappa shape index (κ3) is 6.09. The van der Waals surface area contributed by atoms with E-state index in [-0.39, 0.29) is 5.91 Å². The molecule has 1 saturated heterocycles. The van der Waals surface area contributed by atoms with Crippen LogP contribution in [0.1, 0.15) is 36.8 Å². The Morgan fingerprint density at radius 3 is 2.68 bits per heavy atom. The lowest BCUT2D eigenvalue weighted by atomic mass is 9.97. The lowest BCUT2D eigenvalue weighted by Crippen LogP contribution is -3.13. The standard InChI is InChI=1S/C22H25F3N2O/c23-22(24,25)19-6-4-5-17(15-19)9-12-21(28)26-20-10-7-18(8-11-20)16-27-13-2-1-3-14-27/h4-7,9-12,15,18H,1-3,8,13-14,16H2,(H,26,28)/p+1. The van der Waals surface area contributed by atoms with Gasteiger partial charge in [0.1, 0.15) is 0 Å². The zero-order valence-electron chi connectivity index (χ0n) is 15.8. The highest BCUT2D eigenvalue weighted by Crippen LogP contribution is 2.29. The number of benzene rings is 1. The Labute approximate surface area is 163 Å². The molecule has 1 atom stereocenters. The molecule has 1 aliphatic carbocycles. The summed E-state index contributed by atoms with van der Waals surface area (Å²) in [4.78, 5) is 13.7. The topological polar surface area (TPSA) is 33.5 Å². The second kappa shape index (κ2) is 9.24. The maximum Gasteiger partial charge on any atom is 0.416 e. The van der Waals surface area contributed by atoms with Crippen LogP contribution in [-0.2, 0) is 11.0 Å². The molecule has 3 nitrogen and oxygen atoms in total. The first-order chi connectivity index (χ1) is 13.4. The van der Waals surface area contributed by atoms with Crippen molar-refractivity contribution < 1.29 is 22.9 Å². The quantitative estimate of drug-likeness (QED) is 0.742. The predicted octanol–water partition coefficient (Wildman–Crippen LogP) is 3.36. The average Bonchev–Trinajstić information content (AvgIpc) is 2.68. The van der Waals surface area contributed by atoms with E-state index in [4.69, 9.17) is 0 Å². The van der Waals surface area contributed by atoms with Crippen LogP contribution in [0.25, 0.3) is 6.08 Å². The summed E-state index contributed by atoms with van der Waals surface area (Å²) < 4.78 is 38.2. The van der Waals surface area contributed by atoms with Gasteiger partial charge in [0.2, 0.25) is 5.91 Å². The maximum absolute atomic E-state index is 12.7. The molecule has 1 aliphatic heterocycles. The molecule has 1 aromatic rings. The first-order valence-corrected chi connectivity index (χ1v) is 9.78. The van der Waals surface area contributed by atoms with Gasteiger partial charge in [-0.2, -0.15) is 13.2 Å². The van der Waals surface area contributed by atoms with Crippen molar-refractivity contribution in [1.82, 2.24) is 5.32 Å². The molecule has 1 fully saturated rings. The molecule has 0 bridgehead atoms. The van der Waals surface area contributed by atoms with E-state index in [1.807, 2.05) is 12.2 Å². The van der Waals surface area contributed by atoms with E-state index in [1.165, 1.54) is 56.6 Å². The molecule has 0 spiro atoms. The third-order valence-corrected chi connectivity index (χ3v) is 5.21. The van der Waals surface area contributed by atoms with E-state index in [2.05, 4.69) is 11.4 Å². The second-order valence-corrected chi connectivity index (χ2v) is 7.47. The molecule has 28 heavy (non-hydrogen) atoms. The number of rotatable bonds is 5. The van der Waals surface area contributed by atoms with Crippen LogP contribution in [-0.4, -0.2) is 25.5 Å².